The van der Waals surface area contributed by atoms with E-state index >= 15 is 0 Å². The lowest BCUT2D eigenvalue weighted by atomic mass is 10.2. The Kier molecular flexibility index (Phi) is 3.12. The van der Waals surface area contributed by atoms with Crippen molar-refractivity contribution in [1.29, 1.82) is 0 Å². The number of hydrogen-bond acceptors (Lipinski definition) is 3. The lowest BCUT2D eigenvalue weighted by Crippen LogP contribution is -2.52. The van der Waals surface area contributed by atoms with E-state index in [1.54, 1.807) is 0 Å². The Hall–Kier alpha value is -0.800. The standard InChI is InChI=1S/C11H15N3.ClH/c1-2-9(6-12-5-1)14-10-3-4-11(14)8-13-7-10;/h1-2,5-6,10-11,13H,3-4,7-8H2;1H. The van der Waals surface area contributed by atoms with Crippen molar-refractivity contribution in [1.82, 2.24) is 10.3 Å². The summed E-state index contributed by atoms with van der Waals surface area (Å²) in [6.45, 7) is 2.26. The third-order valence-corrected chi connectivity index (χ3v) is 3.32. The second kappa shape index (κ2) is 4.37. The van der Waals surface area contributed by atoms with Crippen LogP contribution in [0.4, 0.5) is 5.69 Å². The van der Waals surface area contributed by atoms with E-state index in [0.717, 1.165) is 13.1 Å². The first kappa shape index (κ1) is 10.7. The molecule has 2 unspecified atom stereocenters. The topological polar surface area (TPSA) is 28.2 Å². The van der Waals surface area contributed by atoms with Crippen molar-refractivity contribution in [3.05, 3.63) is 24.5 Å². The van der Waals surface area contributed by atoms with Crippen LogP contribution in [0.5, 0.6) is 0 Å². The van der Waals surface area contributed by atoms with Gasteiger partial charge in [0.1, 0.15) is 0 Å². The summed E-state index contributed by atoms with van der Waals surface area (Å²) in [7, 11) is 0. The van der Waals surface area contributed by atoms with Crippen LogP contribution in [0, 0.1) is 0 Å². The zero-order valence-corrected chi connectivity index (χ0v) is 9.41. The van der Waals surface area contributed by atoms with Crippen LogP contribution >= 0.6 is 12.4 Å². The fourth-order valence-electron chi connectivity index (χ4n) is 2.71. The Bertz CT molecular complexity index is 301. The van der Waals surface area contributed by atoms with Crippen LogP contribution in [0.1, 0.15) is 12.8 Å². The number of rotatable bonds is 1. The zero-order valence-electron chi connectivity index (χ0n) is 8.60. The van der Waals surface area contributed by atoms with E-state index in [4.69, 9.17) is 0 Å². The van der Waals surface area contributed by atoms with E-state index in [1.807, 2.05) is 18.5 Å². The molecule has 2 saturated heterocycles. The van der Waals surface area contributed by atoms with Crippen molar-refractivity contribution in [2.24, 2.45) is 0 Å². The molecule has 2 aliphatic heterocycles. The molecule has 3 nitrogen and oxygen atoms in total. The molecule has 0 saturated carbocycles. The maximum Gasteiger partial charge on any atom is 0.0558 e. The van der Waals surface area contributed by atoms with Crippen LogP contribution in [0.25, 0.3) is 0 Å². The summed E-state index contributed by atoms with van der Waals surface area (Å²) < 4.78 is 0. The van der Waals surface area contributed by atoms with Gasteiger partial charge in [0.25, 0.3) is 0 Å². The van der Waals surface area contributed by atoms with Gasteiger partial charge in [-0.2, -0.15) is 0 Å². The van der Waals surface area contributed by atoms with Gasteiger partial charge in [-0.25, -0.2) is 0 Å². The number of piperazine rings is 1. The van der Waals surface area contributed by atoms with Gasteiger partial charge in [0.05, 0.1) is 11.9 Å². The highest BCUT2D eigenvalue weighted by Crippen LogP contribution is 2.31. The van der Waals surface area contributed by atoms with Crippen molar-refractivity contribution in [2.75, 3.05) is 18.0 Å². The molecule has 0 spiro atoms. The van der Waals surface area contributed by atoms with Crippen LogP contribution in [0.3, 0.4) is 0 Å². The zero-order chi connectivity index (χ0) is 9.38. The molecule has 3 rings (SSSR count). The van der Waals surface area contributed by atoms with Crippen molar-refractivity contribution in [3.8, 4) is 0 Å². The molecule has 2 fully saturated rings. The third kappa shape index (κ3) is 1.82. The molecule has 3 heterocycles. The van der Waals surface area contributed by atoms with Gasteiger partial charge in [0, 0.05) is 31.4 Å². The molecule has 0 radical (unpaired) electrons. The van der Waals surface area contributed by atoms with E-state index in [1.165, 1.54) is 18.5 Å². The fraction of sp³-hybridized carbons (Fsp3) is 0.545. The quantitative estimate of drug-likeness (QED) is 0.784. The lowest BCUT2D eigenvalue weighted by molar-refractivity contribution is 0.484. The Morgan fingerprint density at radius 1 is 1.27 bits per heavy atom. The van der Waals surface area contributed by atoms with Gasteiger partial charge in [0.15, 0.2) is 0 Å². The summed E-state index contributed by atoms with van der Waals surface area (Å²) in [5.74, 6) is 0. The summed E-state index contributed by atoms with van der Waals surface area (Å²) in [6, 6.07) is 5.58. The molecule has 2 bridgehead atoms. The maximum atomic E-state index is 4.19. The summed E-state index contributed by atoms with van der Waals surface area (Å²) in [5, 5.41) is 3.48. The first-order valence-corrected chi connectivity index (χ1v) is 5.34. The van der Waals surface area contributed by atoms with Gasteiger partial charge < -0.3 is 10.2 Å². The SMILES string of the molecule is Cl.c1cncc(N2C3CCC2CNC3)c1. The Balaban J connectivity index is 0.000000853. The number of anilines is 1. The molecule has 82 valence electrons. The number of nitrogens with one attached hydrogen (secondary N) is 1. The van der Waals surface area contributed by atoms with Gasteiger partial charge in [-0.3, -0.25) is 4.98 Å². The number of fused-ring (bicyclic) bond motifs is 2. The Morgan fingerprint density at radius 2 is 2.00 bits per heavy atom. The number of halogens is 1. The Labute approximate surface area is 96.3 Å². The Morgan fingerprint density at radius 3 is 2.60 bits per heavy atom. The third-order valence-electron chi connectivity index (χ3n) is 3.32. The van der Waals surface area contributed by atoms with Crippen LogP contribution in [0.15, 0.2) is 24.5 Å². The van der Waals surface area contributed by atoms with E-state index in [0.29, 0.717) is 12.1 Å². The van der Waals surface area contributed by atoms with Crippen LogP contribution in [-0.2, 0) is 0 Å². The highest BCUT2D eigenvalue weighted by Gasteiger charge is 2.36. The van der Waals surface area contributed by atoms with Gasteiger partial charge in [-0.1, -0.05) is 0 Å². The highest BCUT2D eigenvalue weighted by molar-refractivity contribution is 5.85. The monoisotopic (exact) mass is 225 g/mol. The molecule has 0 aliphatic carbocycles. The predicted molar refractivity (Wildman–Crippen MR) is 63.6 cm³/mol. The summed E-state index contributed by atoms with van der Waals surface area (Å²) >= 11 is 0. The molecule has 15 heavy (non-hydrogen) atoms. The molecule has 1 aromatic heterocycles. The van der Waals surface area contributed by atoms with Gasteiger partial charge >= 0.3 is 0 Å². The molecule has 4 heteroatoms. The highest BCUT2D eigenvalue weighted by atomic mass is 35.5. The average molecular weight is 226 g/mol. The average Bonchev–Trinajstić information content (AvgIpc) is 2.50. The van der Waals surface area contributed by atoms with E-state index < -0.39 is 0 Å². The number of nitrogens with zero attached hydrogens (tertiary/aromatic N) is 2. The molecule has 2 atom stereocenters. The first-order chi connectivity index (χ1) is 6.95. The first-order valence-electron chi connectivity index (χ1n) is 5.34. The normalized spacial score (nSPS) is 28.7. The van der Waals surface area contributed by atoms with Crippen molar-refractivity contribution < 1.29 is 0 Å². The fourth-order valence-corrected chi connectivity index (χ4v) is 2.71. The van der Waals surface area contributed by atoms with Crippen molar-refractivity contribution >= 4 is 18.1 Å². The summed E-state index contributed by atoms with van der Waals surface area (Å²) in [5.41, 5.74) is 1.29. The van der Waals surface area contributed by atoms with E-state index in [-0.39, 0.29) is 12.4 Å². The molecular formula is C11H16ClN3. The van der Waals surface area contributed by atoms with E-state index in [9.17, 15) is 0 Å². The van der Waals surface area contributed by atoms with Crippen LogP contribution in [0.2, 0.25) is 0 Å². The van der Waals surface area contributed by atoms with Gasteiger partial charge in [0.2, 0.25) is 0 Å². The second-order valence-electron chi connectivity index (χ2n) is 4.16. The molecule has 0 aromatic carbocycles. The largest absolute Gasteiger partial charge is 0.362 e. The molecule has 1 aromatic rings. The van der Waals surface area contributed by atoms with Gasteiger partial charge in [-0.05, 0) is 25.0 Å². The van der Waals surface area contributed by atoms with Crippen LogP contribution < -0.4 is 10.2 Å². The van der Waals surface area contributed by atoms with Crippen molar-refractivity contribution in [2.45, 2.75) is 24.9 Å². The molecule has 0 amide bonds. The van der Waals surface area contributed by atoms with E-state index in [2.05, 4.69) is 21.3 Å². The number of pyridine rings is 1. The number of hydrogen-bond donors (Lipinski definition) is 1. The molecule has 2 aliphatic rings. The second-order valence-corrected chi connectivity index (χ2v) is 4.16. The lowest BCUT2D eigenvalue weighted by Gasteiger charge is -2.36. The number of aromatic nitrogens is 1. The predicted octanol–water partition coefficient (Wildman–Crippen LogP) is 1.44. The summed E-state index contributed by atoms with van der Waals surface area (Å²) in [4.78, 5) is 6.74. The maximum absolute atomic E-state index is 4.19. The molecule has 1 N–H and O–H groups in total. The smallest absolute Gasteiger partial charge is 0.0558 e. The van der Waals surface area contributed by atoms with Crippen LogP contribution in [-0.4, -0.2) is 30.2 Å². The van der Waals surface area contributed by atoms with Crippen molar-refractivity contribution in [3.63, 3.8) is 0 Å². The minimum Gasteiger partial charge on any atom is -0.362 e. The molecular weight excluding hydrogens is 210 g/mol. The van der Waals surface area contributed by atoms with Gasteiger partial charge in [-0.15, -0.1) is 12.4 Å². The minimum atomic E-state index is 0. The minimum absolute atomic E-state index is 0. The summed E-state index contributed by atoms with van der Waals surface area (Å²) in [6.07, 6.45) is 6.48.